The second-order valence-electron chi connectivity index (χ2n) is 12.0. The summed E-state index contributed by atoms with van der Waals surface area (Å²) >= 11 is 0. The lowest BCUT2D eigenvalue weighted by Crippen LogP contribution is -2.43. The Hall–Kier alpha value is -4.89. The molecule has 0 N–H and O–H groups in total. The lowest BCUT2D eigenvalue weighted by atomic mass is 9.97. The first-order valence-electron chi connectivity index (χ1n) is 14.6. The first-order valence-corrected chi connectivity index (χ1v) is 16.3. The van der Waals surface area contributed by atoms with E-state index in [2.05, 4.69) is 10.8 Å². The third-order valence-corrected chi connectivity index (χ3v) is 9.96. The van der Waals surface area contributed by atoms with Gasteiger partial charge in [-0.15, -0.1) is 0 Å². The van der Waals surface area contributed by atoms with Crippen LogP contribution in [0.15, 0.2) is 65.6 Å². The predicted octanol–water partition coefficient (Wildman–Crippen LogP) is 4.62. The van der Waals surface area contributed by atoms with Crippen molar-refractivity contribution in [3.63, 3.8) is 0 Å². The number of imide groups is 1. The zero-order valence-corrected chi connectivity index (χ0v) is 26.4. The van der Waals surface area contributed by atoms with Gasteiger partial charge in [0.25, 0.3) is 5.91 Å². The molecule has 3 amide bonds. The number of urea groups is 1. The van der Waals surface area contributed by atoms with Gasteiger partial charge in [0.15, 0.2) is 15.6 Å². The van der Waals surface area contributed by atoms with Gasteiger partial charge in [-0.2, -0.15) is 5.26 Å². The van der Waals surface area contributed by atoms with Crippen molar-refractivity contribution in [1.82, 2.24) is 4.90 Å². The standard InChI is InChI=1S/C34H32FN3O7S/c1-34(2)32(41)38(27-11-9-23(18-36)30(17-27)22-6-7-22)33(42)37(34)19-24-8-10-26(35)15-25(24)16-28(39)14-21-4-12-29(13-5-21)46(43,44)20-31(40)45-3/h4-5,8-13,15,17,22H,6-7,14,16,19-20H2,1-3H3. The van der Waals surface area contributed by atoms with Gasteiger partial charge in [-0.3, -0.25) is 14.4 Å². The Labute approximate surface area is 266 Å². The second kappa shape index (κ2) is 12.5. The first-order chi connectivity index (χ1) is 21.7. The molecule has 2 aliphatic rings. The van der Waals surface area contributed by atoms with Crippen molar-refractivity contribution < 1.29 is 36.7 Å². The molecule has 1 aliphatic carbocycles. The van der Waals surface area contributed by atoms with Crippen LogP contribution in [0.1, 0.15) is 60.4 Å². The summed E-state index contributed by atoms with van der Waals surface area (Å²) < 4.78 is 43.6. The Kier molecular flexibility index (Phi) is 8.82. The number of sulfone groups is 1. The second-order valence-corrected chi connectivity index (χ2v) is 14.0. The number of benzene rings is 3. The molecular weight excluding hydrogens is 613 g/mol. The molecule has 0 aromatic heterocycles. The normalized spacial score (nSPS) is 16.0. The quantitative estimate of drug-likeness (QED) is 0.217. The number of hydrogen-bond acceptors (Lipinski definition) is 8. The zero-order chi connectivity index (χ0) is 33.4. The summed E-state index contributed by atoms with van der Waals surface area (Å²) in [5.41, 5.74) is 1.82. The molecule has 46 heavy (non-hydrogen) atoms. The highest BCUT2D eigenvalue weighted by atomic mass is 32.2. The molecule has 0 unspecified atom stereocenters. The van der Waals surface area contributed by atoms with E-state index in [0.717, 1.165) is 30.4 Å². The lowest BCUT2D eigenvalue weighted by Gasteiger charge is -2.28. The number of Topliss-reactive ketones (excluding diaryl/α,β-unsaturated/α-hetero) is 1. The molecule has 0 spiro atoms. The Morgan fingerprint density at radius 1 is 1.00 bits per heavy atom. The minimum absolute atomic E-state index is 0.0600. The van der Waals surface area contributed by atoms with E-state index in [1.54, 1.807) is 32.0 Å². The highest BCUT2D eigenvalue weighted by Crippen LogP contribution is 2.44. The van der Waals surface area contributed by atoms with E-state index < -0.39 is 44.9 Å². The lowest BCUT2D eigenvalue weighted by molar-refractivity contribution is -0.137. The monoisotopic (exact) mass is 645 g/mol. The van der Waals surface area contributed by atoms with Crippen molar-refractivity contribution in [2.24, 2.45) is 0 Å². The molecule has 5 rings (SSSR count). The van der Waals surface area contributed by atoms with Crippen LogP contribution in [0, 0.1) is 17.1 Å². The largest absolute Gasteiger partial charge is 0.468 e. The maximum absolute atomic E-state index is 14.4. The summed E-state index contributed by atoms with van der Waals surface area (Å²) in [7, 11) is -2.81. The molecule has 3 aromatic rings. The van der Waals surface area contributed by atoms with Crippen molar-refractivity contribution in [1.29, 1.82) is 5.26 Å². The fraction of sp³-hybridized carbons (Fsp3) is 0.324. The average Bonchev–Trinajstić information content (AvgIpc) is 3.84. The van der Waals surface area contributed by atoms with Crippen LogP contribution in [0.5, 0.6) is 0 Å². The smallest absolute Gasteiger partial charge is 0.332 e. The average molecular weight is 646 g/mol. The number of anilines is 1. The molecule has 1 saturated heterocycles. The number of ether oxygens (including phenoxy) is 1. The number of methoxy groups -OCH3 is 1. The summed E-state index contributed by atoms with van der Waals surface area (Å²) in [5, 5.41) is 9.52. The van der Waals surface area contributed by atoms with Crippen LogP contribution >= 0.6 is 0 Å². The van der Waals surface area contributed by atoms with Crippen LogP contribution < -0.4 is 4.90 Å². The van der Waals surface area contributed by atoms with Crippen LogP contribution in [0.3, 0.4) is 0 Å². The summed E-state index contributed by atoms with van der Waals surface area (Å²) in [6.07, 6.45) is 1.63. The van der Waals surface area contributed by atoms with Gasteiger partial charge in [-0.05, 0) is 97.3 Å². The molecule has 238 valence electrons. The summed E-state index contributed by atoms with van der Waals surface area (Å²) in [4.78, 5) is 54.3. The summed E-state index contributed by atoms with van der Waals surface area (Å²) in [6.45, 7) is 3.19. The van der Waals surface area contributed by atoms with Crippen LogP contribution in [0.4, 0.5) is 14.9 Å². The van der Waals surface area contributed by atoms with Crippen LogP contribution in [0.2, 0.25) is 0 Å². The fourth-order valence-electron chi connectivity index (χ4n) is 5.55. The third-order valence-electron chi connectivity index (χ3n) is 8.36. The first kappa shape index (κ1) is 32.5. The maximum Gasteiger partial charge on any atom is 0.332 e. The Bertz CT molecular complexity index is 1890. The number of halogens is 1. The number of carbonyl (C=O) groups is 4. The third kappa shape index (κ3) is 6.55. The van der Waals surface area contributed by atoms with E-state index in [1.165, 1.54) is 47.4 Å². The SMILES string of the molecule is COC(=O)CS(=O)(=O)c1ccc(CC(=O)Cc2cc(F)ccc2CN2C(=O)N(c3ccc(C#N)c(C4CC4)c3)C(=O)C2(C)C)cc1. The molecule has 0 bridgehead atoms. The topological polar surface area (TPSA) is 142 Å². The molecule has 3 aromatic carbocycles. The van der Waals surface area contributed by atoms with Crippen molar-refractivity contribution >= 4 is 39.2 Å². The highest BCUT2D eigenvalue weighted by molar-refractivity contribution is 7.92. The van der Waals surface area contributed by atoms with Gasteiger partial charge in [0.2, 0.25) is 0 Å². The molecule has 10 nitrogen and oxygen atoms in total. The van der Waals surface area contributed by atoms with E-state index in [-0.39, 0.29) is 36.0 Å². The van der Waals surface area contributed by atoms with Crippen molar-refractivity contribution in [3.8, 4) is 6.07 Å². The molecule has 1 saturated carbocycles. The Morgan fingerprint density at radius 3 is 2.33 bits per heavy atom. The molecule has 0 radical (unpaired) electrons. The molecule has 0 atom stereocenters. The molecule has 1 aliphatic heterocycles. The van der Waals surface area contributed by atoms with Gasteiger partial charge in [-0.1, -0.05) is 18.2 Å². The van der Waals surface area contributed by atoms with Crippen molar-refractivity contribution in [2.45, 2.75) is 62.4 Å². The van der Waals surface area contributed by atoms with E-state index >= 15 is 0 Å². The van der Waals surface area contributed by atoms with E-state index in [9.17, 15) is 37.2 Å². The number of esters is 1. The van der Waals surface area contributed by atoms with Crippen LogP contribution in [-0.2, 0) is 48.3 Å². The number of nitriles is 1. The van der Waals surface area contributed by atoms with Crippen LogP contribution in [0.25, 0.3) is 0 Å². The van der Waals surface area contributed by atoms with Gasteiger partial charge in [0.1, 0.15) is 17.1 Å². The number of amides is 3. The number of hydrogen-bond donors (Lipinski definition) is 0. The highest BCUT2D eigenvalue weighted by Gasteiger charge is 2.52. The minimum atomic E-state index is -3.91. The Balaban J connectivity index is 1.33. The number of nitrogens with zero attached hydrogens (tertiary/aromatic N) is 3. The zero-order valence-electron chi connectivity index (χ0n) is 25.6. The predicted molar refractivity (Wildman–Crippen MR) is 165 cm³/mol. The van der Waals surface area contributed by atoms with E-state index in [0.29, 0.717) is 27.9 Å². The minimum Gasteiger partial charge on any atom is -0.468 e. The van der Waals surface area contributed by atoms with Gasteiger partial charge in [0, 0.05) is 19.4 Å². The van der Waals surface area contributed by atoms with Crippen molar-refractivity contribution in [2.75, 3.05) is 17.8 Å². The van der Waals surface area contributed by atoms with Crippen LogP contribution in [-0.4, -0.2) is 55.4 Å². The summed E-state index contributed by atoms with van der Waals surface area (Å²) in [6, 6.07) is 16.0. The number of rotatable bonds is 11. The van der Waals surface area contributed by atoms with Gasteiger partial charge in [0.05, 0.1) is 29.3 Å². The molecule has 12 heteroatoms. The van der Waals surface area contributed by atoms with E-state index in [1.807, 2.05) is 0 Å². The van der Waals surface area contributed by atoms with Gasteiger partial charge >= 0.3 is 12.0 Å². The van der Waals surface area contributed by atoms with Crippen molar-refractivity contribution in [3.05, 3.63) is 94.3 Å². The number of ketones is 1. The maximum atomic E-state index is 14.4. The Morgan fingerprint density at radius 2 is 1.70 bits per heavy atom. The number of carbonyl (C=O) groups excluding carboxylic acids is 4. The molecule has 1 heterocycles. The summed E-state index contributed by atoms with van der Waals surface area (Å²) in [5.74, 6) is -2.77. The van der Waals surface area contributed by atoms with E-state index in [4.69, 9.17) is 0 Å². The molecular formula is C34H32FN3O7S. The fourth-order valence-corrected chi connectivity index (χ4v) is 6.70. The van der Waals surface area contributed by atoms with Gasteiger partial charge < -0.3 is 9.64 Å². The van der Waals surface area contributed by atoms with Gasteiger partial charge in [-0.25, -0.2) is 22.5 Å². The molecule has 2 fully saturated rings.